The molecule has 7 nitrogen and oxygen atoms in total. The van der Waals surface area contributed by atoms with Crippen LogP contribution < -0.4 is 5.56 Å². The predicted molar refractivity (Wildman–Crippen MR) is 111 cm³/mol. The summed E-state index contributed by atoms with van der Waals surface area (Å²) >= 11 is 0. The number of aryl methyl sites for hydroxylation is 2. The van der Waals surface area contributed by atoms with Gasteiger partial charge in [-0.25, -0.2) is 9.67 Å². The zero-order valence-electron chi connectivity index (χ0n) is 17.1. The Hall–Kier alpha value is -3.22. The highest BCUT2D eigenvalue weighted by molar-refractivity contribution is 5.95. The molecule has 3 heterocycles. The largest absolute Gasteiger partial charge is 0.326 e. The number of pyridine rings is 1. The van der Waals surface area contributed by atoms with E-state index in [2.05, 4.69) is 23.9 Å². The summed E-state index contributed by atoms with van der Waals surface area (Å²) in [6.07, 6.45) is 0. The zero-order chi connectivity index (χ0) is 20.7. The lowest BCUT2D eigenvalue weighted by Crippen LogP contribution is -2.46. The number of rotatable bonds is 3. The third kappa shape index (κ3) is 3.37. The summed E-state index contributed by atoms with van der Waals surface area (Å²) in [6, 6.07) is 11.4. The van der Waals surface area contributed by atoms with Crippen LogP contribution in [-0.4, -0.2) is 37.1 Å². The lowest BCUT2D eigenvalue weighted by Gasteiger charge is -2.37. The highest BCUT2D eigenvalue weighted by Gasteiger charge is 2.37. The predicted octanol–water partition coefficient (Wildman–Crippen LogP) is 3.10. The van der Waals surface area contributed by atoms with Gasteiger partial charge < -0.3 is 9.88 Å². The second-order valence-corrected chi connectivity index (χ2v) is 7.91. The number of aromatic nitrogens is 4. The van der Waals surface area contributed by atoms with Gasteiger partial charge in [0.25, 0.3) is 11.5 Å². The summed E-state index contributed by atoms with van der Waals surface area (Å²) in [5.41, 5.74) is 2.25. The lowest BCUT2D eigenvalue weighted by atomic mass is 9.98. The third-order valence-electron chi connectivity index (χ3n) is 5.36. The van der Waals surface area contributed by atoms with Crippen LogP contribution >= 0.6 is 0 Å². The highest BCUT2D eigenvalue weighted by atomic mass is 16.2. The number of benzene rings is 1. The van der Waals surface area contributed by atoms with Crippen LogP contribution in [0.25, 0.3) is 11.4 Å². The molecule has 0 saturated carbocycles. The van der Waals surface area contributed by atoms with E-state index in [-0.39, 0.29) is 29.0 Å². The Labute approximate surface area is 169 Å². The van der Waals surface area contributed by atoms with Gasteiger partial charge in [0, 0.05) is 17.8 Å². The Morgan fingerprint density at radius 3 is 2.55 bits per heavy atom. The van der Waals surface area contributed by atoms with Gasteiger partial charge in [0.1, 0.15) is 5.56 Å². The molecular formula is C22H25N5O2. The van der Waals surface area contributed by atoms with Crippen LogP contribution in [0.4, 0.5) is 0 Å². The highest BCUT2D eigenvalue weighted by Crippen LogP contribution is 2.33. The summed E-state index contributed by atoms with van der Waals surface area (Å²) in [4.78, 5) is 35.2. The molecule has 1 N–H and O–H groups in total. The number of carbonyl (C=O) groups is 1. The van der Waals surface area contributed by atoms with Crippen molar-refractivity contribution in [1.29, 1.82) is 0 Å². The van der Waals surface area contributed by atoms with Gasteiger partial charge in [-0.1, -0.05) is 44.2 Å². The molecule has 1 amide bonds. The van der Waals surface area contributed by atoms with Gasteiger partial charge in [-0.2, -0.15) is 5.10 Å². The van der Waals surface area contributed by atoms with Crippen molar-refractivity contribution < 1.29 is 4.79 Å². The summed E-state index contributed by atoms with van der Waals surface area (Å²) in [5.74, 6) is 1.29. The van der Waals surface area contributed by atoms with Gasteiger partial charge in [-0.05, 0) is 31.4 Å². The van der Waals surface area contributed by atoms with Gasteiger partial charge >= 0.3 is 0 Å². The first kappa shape index (κ1) is 19.1. The maximum absolute atomic E-state index is 13.4. The van der Waals surface area contributed by atoms with Gasteiger partial charge in [-0.15, -0.1) is 0 Å². The minimum absolute atomic E-state index is 0.121. The summed E-state index contributed by atoms with van der Waals surface area (Å²) in [7, 11) is 0. The van der Waals surface area contributed by atoms with Crippen LogP contribution in [0.15, 0.2) is 41.2 Å². The van der Waals surface area contributed by atoms with Crippen LogP contribution in [0.2, 0.25) is 0 Å². The van der Waals surface area contributed by atoms with Crippen molar-refractivity contribution in [3.05, 3.63) is 69.4 Å². The molecule has 0 fully saturated rings. The van der Waals surface area contributed by atoms with Crippen molar-refractivity contribution in [1.82, 2.24) is 24.6 Å². The van der Waals surface area contributed by atoms with Gasteiger partial charge in [0.15, 0.2) is 11.6 Å². The molecule has 7 heteroatoms. The number of nitrogens with one attached hydrogen (secondary N) is 1. The molecular weight excluding hydrogens is 366 g/mol. The Kier molecular flexibility index (Phi) is 4.82. The molecule has 2 aromatic heterocycles. The van der Waals surface area contributed by atoms with E-state index >= 15 is 0 Å². The van der Waals surface area contributed by atoms with E-state index in [9.17, 15) is 9.59 Å². The molecule has 0 unspecified atom stereocenters. The zero-order valence-corrected chi connectivity index (χ0v) is 17.1. The maximum Gasteiger partial charge on any atom is 0.261 e. The van der Waals surface area contributed by atoms with Gasteiger partial charge in [0.2, 0.25) is 0 Å². The van der Waals surface area contributed by atoms with Crippen molar-refractivity contribution in [2.24, 2.45) is 5.92 Å². The summed E-state index contributed by atoms with van der Waals surface area (Å²) in [5, 5.41) is 4.67. The second kappa shape index (κ2) is 7.31. The number of hydrogen-bond acceptors (Lipinski definition) is 4. The quantitative estimate of drug-likeness (QED) is 0.744. The molecule has 0 spiro atoms. The van der Waals surface area contributed by atoms with Crippen molar-refractivity contribution in [3.8, 4) is 11.4 Å². The number of amides is 1. The summed E-state index contributed by atoms with van der Waals surface area (Å²) < 4.78 is 1.89. The van der Waals surface area contributed by atoms with E-state index < -0.39 is 0 Å². The monoisotopic (exact) mass is 391 g/mol. The third-order valence-corrected chi connectivity index (χ3v) is 5.36. The van der Waals surface area contributed by atoms with Gasteiger partial charge in [-0.3, -0.25) is 9.59 Å². The molecule has 4 rings (SSSR count). The fourth-order valence-electron chi connectivity index (χ4n) is 4.08. The molecule has 0 saturated heterocycles. The average molecular weight is 391 g/mol. The number of nitrogens with zero attached hydrogens (tertiary/aromatic N) is 4. The molecule has 29 heavy (non-hydrogen) atoms. The van der Waals surface area contributed by atoms with E-state index in [0.29, 0.717) is 24.5 Å². The molecule has 0 bridgehead atoms. The summed E-state index contributed by atoms with van der Waals surface area (Å²) in [6.45, 7) is 8.77. The molecule has 3 aromatic rings. The maximum atomic E-state index is 13.4. The average Bonchev–Trinajstić information content (AvgIpc) is 3.11. The number of fused-ring (bicyclic) bond motifs is 1. The standard InChI is InChI=1S/C22H25N5O2/c1-13(2)18-20-24-19(16-8-6-5-7-9-16)25-27(20)11-10-26(18)22(29)17-14(3)12-15(4)23-21(17)28/h5-9,12-13,18H,10-11H2,1-4H3,(H,23,28)/t18-/m0/s1. The normalized spacial score (nSPS) is 16.2. The minimum atomic E-state index is -0.341. The topological polar surface area (TPSA) is 83.9 Å². The van der Waals surface area contributed by atoms with Crippen molar-refractivity contribution >= 4 is 5.91 Å². The smallest absolute Gasteiger partial charge is 0.261 e. The molecule has 0 aliphatic carbocycles. The Bertz CT molecular complexity index is 1110. The van der Waals surface area contributed by atoms with E-state index in [1.54, 1.807) is 11.8 Å². The van der Waals surface area contributed by atoms with E-state index in [4.69, 9.17) is 4.98 Å². The molecule has 1 atom stereocenters. The van der Waals surface area contributed by atoms with Crippen molar-refractivity contribution in [2.45, 2.75) is 40.3 Å². The van der Waals surface area contributed by atoms with Crippen molar-refractivity contribution in [2.75, 3.05) is 6.54 Å². The minimum Gasteiger partial charge on any atom is -0.326 e. The van der Waals surface area contributed by atoms with E-state index in [1.807, 2.05) is 48.0 Å². The van der Waals surface area contributed by atoms with Gasteiger partial charge in [0.05, 0.1) is 12.6 Å². The van der Waals surface area contributed by atoms with Crippen LogP contribution in [0.3, 0.4) is 0 Å². The number of hydrogen-bond donors (Lipinski definition) is 1. The first-order chi connectivity index (χ1) is 13.9. The number of H-pyrrole nitrogens is 1. The first-order valence-corrected chi connectivity index (χ1v) is 9.88. The van der Waals surface area contributed by atoms with Crippen LogP contribution in [0.5, 0.6) is 0 Å². The fourth-order valence-corrected chi connectivity index (χ4v) is 4.08. The Balaban J connectivity index is 1.75. The molecule has 150 valence electrons. The van der Waals surface area contributed by atoms with Crippen LogP contribution in [0, 0.1) is 19.8 Å². The van der Waals surface area contributed by atoms with Crippen LogP contribution in [0.1, 0.15) is 47.3 Å². The van der Waals surface area contributed by atoms with Crippen LogP contribution in [-0.2, 0) is 6.54 Å². The molecule has 0 radical (unpaired) electrons. The Morgan fingerprint density at radius 1 is 1.17 bits per heavy atom. The SMILES string of the molecule is Cc1cc(C)c(C(=O)N2CCn3nc(-c4ccccc4)nc3[C@@H]2C(C)C)c(=O)[nH]1. The molecule has 1 aliphatic heterocycles. The van der Waals surface area contributed by atoms with Crippen molar-refractivity contribution in [3.63, 3.8) is 0 Å². The fraction of sp³-hybridized carbons (Fsp3) is 0.364. The molecule has 1 aromatic carbocycles. The lowest BCUT2D eigenvalue weighted by molar-refractivity contribution is 0.0534. The van der Waals surface area contributed by atoms with E-state index in [1.165, 1.54) is 0 Å². The number of aromatic amines is 1. The van der Waals surface area contributed by atoms with E-state index in [0.717, 1.165) is 17.1 Å². The second-order valence-electron chi connectivity index (χ2n) is 7.91. The molecule has 1 aliphatic rings. The first-order valence-electron chi connectivity index (χ1n) is 9.88. The Morgan fingerprint density at radius 2 is 1.90 bits per heavy atom. The number of carbonyl (C=O) groups excluding carboxylic acids is 1.